The number of piperazine rings is 1. The van der Waals surface area contributed by atoms with Crippen LogP contribution in [0.4, 0.5) is 0 Å². The Bertz CT molecular complexity index is 979. The van der Waals surface area contributed by atoms with E-state index in [9.17, 15) is 4.79 Å². The van der Waals surface area contributed by atoms with Crippen LogP contribution in [-0.4, -0.2) is 68.9 Å². The molecule has 0 saturated carbocycles. The van der Waals surface area contributed by atoms with Gasteiger partial charge >= 0.3 is 0 Å². The summed E-state index contributed by atoms with van der Waals surface area (Å²) < 4.78 is 2.04. The maximum Gasteiger partial charge on any atom is 0.233 e. The summed E-state index contributed by atoms with van der Waals surface area (Å²) in [6.45, 7) is 8.77. The standard InChI is InChI=1S/C23H27N5OS/c1-3-26-13-15-27(16-14-26)21(29)17-30-23-25-24-22(19-11-9-18(2)10-12-19)28(23)20-7-5-4-6-8-20/h4-12H,3,13-17H2,1-2H3. The average molecular weight is 422 g/mol. The van der Waals surface area contributed by atoms with Gasteiger partial charge in [-0.15, -0.1) is 10.2 Å². The number of likely N-dealkylation sites (N-methyl/N-ethyl adjacent to an activating group) is 1. The topological polar surface area (TPSA) is 54.3 Å². The number of aryl methyl sites for hydroxylation is 1. The number of para-hydroxylation sites is 1. The Morgan fingerprint density at radius 1 is 0.967 bits per heavy atom. The van der Waals surface area contributed by atoms with Crippen molar-refractivity contribution in [1.29, 1.82) is 0 Å². The van der Waals surface area contributed by atoms with Crippen LogP contribution in [0.3, 0.4) is 0 Å². The van der Waals surface area contributed by atoms with Gasteiger partial charge in [-0.25, -0.2) is 0 Å². The van der Waals surface area contributed by atoms with Crippen molar-refractivity contribution in [1.82, 2.24) is 24.6 Å². The largest absolute Gasteiger partial charge is 0.339 e. The van der Waals surface area contributed by atoms with Crippen LogP contribution in [0.1, 0.15) is 12.5 Å². The van der Waals surface area contributed by atoms with Gasteiger partial charge in [-0.2, -0.15) is 0 Å². The van der Waals surface area contributed by atoms with E-state index in [0.29, 0.717) is 5.75 Å². The molecule has 1 aromatic heterocycles. The van der Waals surface area contributed by atoms with Gasteiger partial charge in [0.1, 0.15) is 0 Å². The molecule has 1 aliphatic heterocycles. The number of carbonyl (C=O) groups is 1. The van der Waals surface area contributed by atoms with Gasteiger partial charge < -0.3 is 9.80 Å². The molecule has 1 saturated heterocycles. The van der Waals surface area contributed by atoms with Gasteiger partial charge in [-0.3, -0.25) is 9.36 Å². The van der Waals surface area contributed by atoms with Gasteiger partial charge in [-0.1, -0.05) is 66.7 Å². The number of thioether (sulfide) groups is 1. The third kappa shape index (κ3) is 4.57. The number of aromatic nitrogens is 3. The van der Waals surface area contributed by atoms with Gasteiger partial charge in [0, 0.05) is 37.4 Å². The summed E-state index contributed by atoms with van der Waals surface area (Å²) in [5.41, 5.74) is 3.20. The van der Waals surface area contributed by atoms with Crippen molar-refractivity contribution in [2.75, 3.05) is 38.5 Å². The lowest BCUT2D eigenvalue weighted by Crippen LogP contribution is -2.49. The maximum atomic E-state index is 12.8. The Balaban J connectivity index is 1.55. The zero-order valence-electron chi connectivity index (χ0n) is 17.5. The molecule has 0 spiro atoms. The van der Waals surface area contributed by atoms with Gasteiger partial charge in [0.15, 0.2) is 11.0 Å². The van der Waals surface area contributed by atoms with Crippen molar-refractivity contribution in [3.63, 3.8) is 0 Å². The van der Waals surface area contributed by atoms with E-state index in [1.54, 1.807) is 0 Å². The van der Waals surface area contributed by atoms with Gasteiger partial charge in [0.25, 0.3) is 0 Å². The summed E-state index contributed by atoms with van der Waals surface area (Å²) in [4.78, 5) is 17.1. The molecule has 7 heteroatoms. The Morgan fingerprint density at radius 3 is 2.33 bits per heavy atom. The summed E-state index contributed by atoms with van der Waals surface area (Å²) in [6.07, 6.45) is 0. The number of carbonyl (C=O) groups excluding carboxylic acids is 1. The van der Waals surface area contributed by atoms with Crippen LogP contribution in [0, 0.1) is 6.92 Å². The monoisotopic (exact) mass is 421 g/mol. The second kappa shape index (κ2) is 9.45. The molecule has 2 heterocycles. The first kappa shape index (κ1) is 20.6. The highest BCUT2D eigenvalue weighted by Gasteiger charge is 2.22. The fourth-order valence-corrected chi connectivity index (χ4v) is 4.45. The molecule has 1 amide bonds. The maximum absolute atomic E-state index is 12.8. The van der Waals surface area contributed by atoms with Crippen molar-refractivity contribution in [2.24, 2.45) is 0 Å². The lowest BCUT2D eigenvalue weighted by molar-refractivity contribution is -0.130. The Morgan fingerprint density at radius 2 is 1.67 bits per heavy atom. The van der Waals surface area contributed by atoms with E-state index >= 15 is 0 Å². The number of hydrogen-bond donors (Lipinski definition) is 0. The van der Waals surface area contributed by atoms with Crippen LogP contribution < -0.4 is 0 Å². The highest BCUT2D eigenvalue weighted by atomic mass is 32.2. The third-order valence-electron chi connectivity index (χ3n) is 5.45. The number of benzene rings is 2. The molecule has 3 aromatic rings. The summed E-state index contributed by atoms with van der Waals surface area (Å²) >= 11 is 1.45. The molecule has 156 valence electrons. The molecular formula is C23H27N5OS. The summed E-state index contributed by atoms with van der Waals surface area (Å²) in [7, 11) is 0. The van der Waals surface area contributed by atoms with Crippen LogP contribution in [0.2, 0.25) is 0 Å². The van der Waals surface area contributed by atoms with E-state index in [1.807, 2.05) is 39.8 Å². The van der Waals surface area contributed by atoms with E-state index in [4.69, 9.17) is 0 Å². The van der Waals surface area contributed by atoms with Crippen molar-refractivity contribution >= 4 is 17.7 Å². The highest BCUT2D eigenvalue weighted by molar-refractivity contribution is 7.99. The van der Waals surface area contributed by atoms with Crippen molar-refractivity contribution < 1.29 is 4.79 Å². The predicted octanol–water partition coefficient (Wildman–Crippen LogP) is 3.50. The minimum Gasteiger partial charge on any atom is -0.339 e. The third-order valence-corrected chi connectivity index (χ3v) is 6.37. The first-order valence-electron chi connectivity index (χ1n) is 10.4. The van der Waals surface area contributed by atoms with Gasteiger partial charge in [-0.05, 0) is 25.6 Å². The molecule has 4 rings (SSSR count). The molecule has 1 aliphatic rings. The number of rotatable bonds is 6. The number of hydrogen-bond acceptors (Lipinski definition) is 5. The quantitative estimate of drug-likeness (QED) is 0.570. The summed E-state index contributed by atoms with van der Waals surface area (Å²) in [5.74, 6) is 1.31. The van der Waals surface area contributed by atoms with Crippen molar-refractivity contribution in [3.05, 3.63) is 60.2 Å². The van der Waals surface area contributed by atoms with Crippen molar-refractivity contribution in [2.45, 2.75) is 19.0 Å². The van der Waals surface area contributed by atoms with Crippen LogP contribution >= 0.6 is 11.8 Å². The lowest BCUT2D eigenvalue weighted by Gasteiger charge is -2.34. The molecule has 2 aromatic carbocycles. The van der Waals surface area contributed by atoms with Crippen LogP contribution in [0.5, 0.6) is 0 Å². The van der Waals surface area contributed by atoms with E-state index < -0.39 is 0 Å². The van der Waals surface area contributed by atoms with E-state index in [2.05, 4.69) is 53.2 Å². The molecule has 0 radical (unpaired) electrons. The summed E-state index contributed by atoms with van der Waals surface area (Å²) in [5, 5.41) is 9.63. The van der Waals surface area contributed by atoms with Crippen molar-refractivity contribution in [3.8, 4) is 17.1 Å². The molecular weight excluding hydrogens is 394 g/mol. The first-order valence-corrected chi connectivity index (χ1v) is 11.3. The predicted molar refractivity (Wildman–Crippen MR) is 121 cm³/mol. The molecule has 0 atom stereocenters. The Kier molecular flexibility index (Phi) is 6.50. The normalized spacial score (nSPS) is 14.8. The molecule has 6 nitrogen and oxygen atoms in total. The van der Waals surface area contributed by atoms with E-state index in [-0.39, 0.29) is 5.91 Å². The molecule has 0 bridgehead atoms. The van der Waals surface area contributed by atoms with Crippen LogP contribution in [-0.2, 0) is 4.79 Å². The molecule has 0 N–H and O–H groups in total. The van der Waals surface area contributed by atoms with E-state index in [0.717, 1.165) is 55.0 Å². The highest BCUT2D eigenvalue weighted by Crippen LogP contribution is 2.28. The number of amides is 1. The smallest absolute Gasteiger partial charge is 0.233 e. The average Bonchev–Trinajstić information content (AvgIpc) is 3.22. The summed E-state index contributed by atoms with van der Waals surface area (Å²) in [6, 6.07) is 18.3. The SMILES string of the molecule is CCN1CCN(C(=O)CSc2nnc(-c3ccc(C)cc3)n2-c2ccccc2)CC1. The fraction of sp³-hybridized carbons (Fsp3) is 0.348. The van der Waals surface area contributed by atoms with Crippen LogP contribution in [0.15, 0.2) is 59.8 Å². The zero-order chi connectivity index (χ0) is 20.9. The Hall–Kier alpha value is -2.64. The second-order valence-electron chi connectivity index (χ2n) is 7.45. The molecule has 30 heavy (non-hydrogen) atoms. The minimum absolute atomic E-state index is 0.162. The van der Waals surface area contributed by atoms with E-state index in [1.165, 1.54) is 17.3 Å². The minimum atomic E-state index is 0.162. The lowest BCUT2D eigenvalue weighted by atomic mass is 10.1. The first-order chi connectivity index (χ1) is 14.7. The van der Waals surface area contributed by atoms with Crippen LogP contribution in [0.25, 0.3) is 17.1 Å². The fourth-order valence-electron chi connectivity index (χ4n) is 3.59. The molecule has 1 fully saturated rings. The zero-order valence-corrected chi connectivity index (χ0v) is 18.3. The second-order valence-corrected chi connectivity index (χ2v) is 8.39. The molecule has 0 aliphatic carbocycles. The number of nitrogens with zero attached hydrogens (tertiary/aromatic N) is 5. The molecule has 0 unspecified atom stereocenters. The Labute approximate surface area is 181 Å². The van der Waals surface area contributed by atoms with Gasteiger partial charge in [0.2, 0.25) is 5.91 Å². The van der Waals surface area contributed by atoms with Gasteiger partial charge in [0.05, 0.1) is 5.75 Å².